The molecule has 29 heavy (non-hydrogen) atoms. The summed E-state index contributed by atoms with van der Waals surface area (Å²) < 4.78 is 16.3. The van der Waals surface area contributed by atoms with E-state index in [-0.39, 0.29) is 22.3 Å². The lowest BCUT2D eigenvalue weighted by Gasteiger charge is -2.32. The molecule has 0 fully saturated rings. The minimum atomic E-state index is -3.48. The lowest BCUT2D eigenvalue weighted by atomic mass is 9.85. The highest BCUT2D eigenvalue weighted by Crippen LogP contribution is 2.52. The van der Waals surface area contributed by atoms with Gasteiger partial charge in [0.2, 0.25) is 7.29 Å². The molecule has 0 heterocycles. The Morgan fingerprint density at radius 3 is 1.28 bits per heavy atom. The third-order valence-corrected chi connectivity index (χ3v) is 8.42. The van der Waals surface area contributed by atoms with Crippen molar-refractivity contribution in [3.8, 4) is 11.5 Å². The highest BCUT2D eigenvalue weighted by molar-refractivity contribution is 7.77. The molecule has 0 aliphatic carbocycles. The Morgan fingerprint density at radius 1 is 0.724 bits per heavy atom. The van der Waals surface area contributed by atoms with Crippen molar-refractivity contribution in [2.75, 3.05) is 14.1 Å². The molecule has 0 spiro atoms. The maximum absolute atomic E-state index is 14.6. The molecule has 0 radical (unpaired) electrons. The number of benzene rings is 2. The summed E-state index contributed by atoms with van der Waals surface area (Å²) in [5, 5.41) is 23.1. The molecule has 2 N–H and O–H groups in total. The molecule has 0 bridgehead atoms. The van der Waals surface area contributed by atoms with Gasteiger partial charge >= 0.3 is 0 Å². The first-order valence-electron chi connectivity index (χ1n) is 9.98. The average molecular weight is 418 g/mol. The fourth-order valence-electron chi connectivity index (χ4n) is 3.69. The summed E-state index contributed by atoms with van der Waals surface area (Å²) >= 11 is 0. The van der Waals surface area contributed by atoms with E-state index in [2.05, 4.69) is 0 Å². The zero-order chi connectivity index (χ0) is 22.5. The van der Waals surface area contributed by atoms with Gasteiger partial charge in [-0.2, -0.15) is 0 Å². The van der Waals surface area contributed by atoms with Gasteiger partial charge in [0.1, 0.15) is 11.5 Å². The number of aryl methyl sites for hydroxylation is 2. The Hall–Kier alpha value is -1.77. The lowest BCUT2D eigenvalue weighted by Crippen LogP contribution is -2.30. The summed E-state index contributed by atoms with van der Waals surface area (Å²) in [6, 6.07) is 7.44. The van der Waals surface area contributed by atoms with Crippen molar-refractivity contribution in [2.45, 2.75) is 66.2 Å². The van der Waals surface area contributed by atoms with Crippen molar-refractivity contribution in [1.29, 1.82) is 0 Å². The summed E-state index contributed by atoms with van der Waals surface area (Å²) in [6.45, 7) is 16.0. The van der Waals surface area contributed by atoms with Crippen LogP contribution in [-0.2, 0) is 15.4 Å². The molecule has 0 unspecified atom stereocenters. The number of hydrogen-bond donors (Lipinski definition) is 2. The molecule has 0 saturated carbocycles. The Labute approximate surface area is 176 Å². The number of rotatable bonds is 3. The van der Waals surface area contributed by atoms with Crippen molar-refractivity contribution < 1.29 is 14.8 Å². The second-order valence-corrected chi connectivity index (χ2v) is 13.2. The maximum atomic E-state index is 14.6. The van der Waals surface area contributed by atoms with Gasteiger partial charge in [-0.25, -0.2) is 0 Å². The number of phenols is 2. The van der Waals surface area contributed by atoms with Crippen LogP contribution in [0, 0.1) is 13.8 Å². The highest BCUT2D eigenvalue weighted by Gasteiger charge is 2.39. The van der Waals surface area contributed by atoms with Crippen LogP contribution in [-0.4, -0.2) is 29.0 Å². The highest BCUT2D eigenvalue weighted by atomic mass is 31.2. The summed E-state index contributed by atoms with van der Waals surface area (Å²) in [5.74, 6) is 0.0803. The topological polar surface area (TPSA) is 60.8 Å². The van der Waals surface area contributed by atoms with Crippen molar-refractivity contribution in [3.05, 3.63) is 46.5 Å². The van der Waals surface area contributed by atoms with Gasteiger partial charge in [-0.05, 0) is 62.0 Å². The van der Waals surface area contributed by atoms with Crippen molar-refractivity contribution in [2.24, 2.45) is 0 Å². The fourth-order valence-corrected chi connectivity index (χ4v) is 6.38. The zero-order valence-electron chi connectivity index (χ0n) is 19.5. The number of aromatic hydroxyl groups is 2. The largest absolute Gasteiger partial charge is 0.507 e. The van der Waals surface area contributed by atoms with Gasteiger partial charge in [-0.3, -0.25) is 9.24 Å². The van der Waals surface area contributed by atoms with E-state index in [1.54, 1.807) is 30.9 Å². The summed E-state index contributed by atoms with van der Waals surface area (Å²) in [5.41, 5.74) is 2.72. The second kappa shape index (κ2) is 7.49. The molecular formula is C24H36NO3P. The van der Waals surface area contributed by atoms with Gasteiger partial charge in [0.25, 0.3) is 0 Å². The third kappa shape index (κ3) is 4.25. The maximum Gasteiger partial charge on any atom is 0.214 e. The van der Waals surface area contributed by atoms with Crippen LogP contribution in [0.5, 0.6) is 11.5 Å². The van der Waals surface area contributed by atoms with Crippen LogP contribution >= 0.6 is 7.29 Å². The van der Waals surface area contributed by atoms with E-state index in [1.807, 2.05) is 67.5 Å². The van der Waals surface area contributed by atoms with Crippen molar-refractivity contribution in [1.82, 2.24) is 4.67 Å². The van der Waals surface area contributed by atoms with Crippen LogP contribution in [0.1, 0.15) is 63.8 Å². The second-order valence-electron chi connectivity index (χ2n) is 10.3. The Kier molecular flexibility index (Phi) is 6.07. The van der Waals surface area contributed by atoms with Crippen molar-refractivity contribution in [3.63, 3.8) is 0 Å². The van der Waals surface area contributed by atoms with Crippen molar-refractivity contribution >= 4 is 17.9 Å². The summed E-state index contributed by atoms with van der Waals surface area (Å²) in [7, 11) is -0.0168. The van der Waals surface area contributed by atoms with Crippen LogP contribution in [0.2, 0.25) is 0 Å². The third-order valence-electron chi connectivity index (χ3n) is 5.30. The Bertz CT molecular complexity index is 906. The van der Waals surface area contributed by atoms with E-state index >= 15 is 0 Å². The molecule has 5 heteroatoms. The monoisotopic (exact) mass is 417 g/mol. The minimum absolute atomic E-state index is 0.0401. The fraction of sp³-hybridized carbons (Fsp3) is 0.500. The summed E-state index contributed by atoms with van der Waals surface area (Å²) in [6.07, 6.45) is 0. The Morgan fingerprint density at radius 2 is 1.03 bits per heavy atom. The zero-order valence-corrected chi connectivity index (χ0v) is 20.4. The van der Waals surface area contributed by atoms with Gasteiger partial charge in [0.05, 0.1) is 10.6 Å². The standard InChI is InChI=1S/C24H36NO3P/c1-15-11-17(23(3,4)5)21(26)19(13-15)29(28,25(9)10)20-14-16(2)12-18(22(20)27)24(6,7)8/h11-14,26-27H,1-10H3. The molecule has 0 aliphatic heterocycles. The van der Waals surface area contributed by atoms with Crippen LogP contribution in [0.15, 0.2) is 24.3 Å². The van der Waals surface area contributed by atoms with E-state index in [9.17, 15) is 14.8 Å². The predicted molar refractivity (Wildman–Crippen MR) is 124 cm³/mol. The molecule has 0 atom stereocenters. The van der Waals surface area contributed by atoms with Gasteiger partial charge in [0.15, 0.2) is 0 Å². The van der Waals surface area contributed by atoms with E-state index in [1.165, 1.54) is 0 Å². The van der Waals surface area contributed by atoms with Gasteiger partial charge in [-0.15, -0.1) is 0 Å². The van der Waals surface area contributed by atoms with Crippen LogP contribution in [0.4, 0.5) is 0 Å². The molecule has 2 aromatic rings. The smallest absolute Gasteiger partial charge is 0.214 e. The van der Waals surface area contributed by atoms with Crippen LogP contribution < -0.4 is 10.6 Å². The number of hydrogen-bond acceptors (Lipinski definition) is 3. The number of phenolic OH excluding ortho intramolecular Hbond substituents is 2. The van der Waals surface area contributed by atoms with E-state index < -0.39 is 7.29 Å². The molecule has 160 valence electrons. The van der Waals surface area contributed by atoms with Gasteiger partial charge < -0.3 is 10.2 Å². The van der Waals surface area contributed by atoms with Gasteiger partial charge in [-0.1, -0.05) is 53.7 Å². The van der Waals surface area contributed by atoms with Crippen LogP contribution in [0.25, 0.3) is 0 Å². The molecule has 2 aromatic carbocycles. The summed E-state index contributed by atoms with van der Waals surface area (Å²) in [4.78, 5) is 0. The van der Waals surface area contributed by atoms with E-state index in [0.29, 0.717) is 10.6 Å². The molecule has 2 rings (SSSR count). The first kappa shape index (κ1) is 23.5. The molecule has 0 saturated heterocycles. The normalized spacial score (nSPS) is 13.2. The van der Waals surface area contributed by atoms with E-state index in [4.69, 9.17) is 0 Å². The quantitative estimate of drug-likeness (QED) is 0.682. The lowest BCUT2D eigenvalue weighted by molar-refractivity contribution is 0.446. The molecule has 0 aliphatic rings. The molecular weight excluding hydrogens is 381 g/mol. The van der Waals surface area contributed by atoms with Gasteiger partial charge in [0, 0.05) is 11.1 Å². The first-order valence-corrected chi connectivity index (χ1v) is 11.6. The SMILES string of the molecule is Cc1cc(C(C)(C)C)c(O)c(P(=O)(c2cc(C)cc(C(C)(C)C)c2O)N(C)C)c1. The van der Waals surface area contributed by atoms with Crippen LogP contribution in [0.3, 0.4) is 0 Å². The first-order chi connectivity index (χ1) is 13.0. The predicted octanol–water partition coefficient (Wildman–Crippen LogP) is 5.10. The number of nitrogens with zero attached hydrogens (tertiary/aromatic N) is 1. The molecule has 0 aromatic heterocycles. The Balaban J connectivity index is 2.98. The van der Waals surface area contributed by atoms with E-state index in [0.717, 1.165) is 22.3 Å². The molecule has 4 nitrogen and oxygen atoms in total. The minimum Gasteiger partial charge on any atom is -0.507 e. The molecule has 0 amide bonds. The average Bonchev–Trinajstić information content (AvgIpc) is 2.55.